The summed E-state index contributed by atoms with van der Waals surface area (Å²) in [7, 11) is 0.120. The summed E-state index contributed by atoms with van der Waals surface area (Å²) in [5.74, 6) is 0. The van der Waals surface area contributed by atoms with Gasteiger partial charge in [0.15, 0.2) is 0 Å². The van der Waals surface area contributed by atoms with Crippen molar-refractivity contribution in [2.24, 2.45) is 0 Å². The highest BCUT2D eigenvalue weighted by molar-refractivity contribution is 8.93. The summed E-state index contributed by atoms with van der Waals surface area (Å²) in [4.78, 5) is 0. The van der Waals surface area contributed by atoms with Crippen molar-refractivity contribution >= 4 is 25.8 Å². The zero-order valence-electron chi connectivity index (χ0n) is 3.91. The van der Waals surface area contributed by atoms with Gasteiger partial charge in [-0.15, -0.1) is 17.0 Å². The first-order valence-corrected chi connectivity index (χ1v) is 4.50. The van der Waals surface area contributed by atoms with Crippen LogP contribution in [0, 0.1) is 0 Å². The van der Waals surface area contributed by atoms with Gasteiger partial charge < -0.3 is 0 Å². The smallest absolute Gasteiger partial charge is 0.0379 e. The number of rotatable bonds is 0. The molecule has 5 heavy (non-hydrogen) atoms. The lowest BCUT2D eigenvalue weighted by atomic mass is 11.8. The fourth-order valence-corrected chi connectivity index (χ4v) is 0. The maximum Gasteiger partial charge on any atom is 0.0379 e. The van der Waals surface area contributed by atoms with E-state index in [9.17, 15) is 0 Å². The van der Waals surface area contributed by atoms with Gasteiger partial charge in [0.2, 0.25) is 0 Å². The molecule has 2 heteroatoms. The van der Waals surface area contributed by atoms with Crippen LogP contribution in [-0.4, -0.2) is 8.80 Å². The second-order valence-corrected chi connectivity index (χ2v) is 4.50. The molecule has 0 unspecified atom stereocenters. The lowest BCUT2D eigenvalue weighted by molar-refractivity contribution is 1.91. The molecule has 0 aromatic carbocycles. The van der Waals surface area contributed by atoms with Crippen LogP contribution in [0.1, 0.15) is 0 Å². The minimum atomic E-state index is 0. The predicted molar refractivity (Wildman–Crippen MR) is 33.7 cm³/mol. The lowest BCUT2D eigenvalue weighted by Crippen LogP contribution is -1.84. The molecule has 0 aliphatic rings. The lowest BCUT2D eigenvalue weighted by Gasteiger charge is -1.75. The zero-order valence-corrected chi connectivity index (χ0v) is 6.62. The topological polar surface area (TPSA) is 0 Å². The third-order valence-electron chi connectivity index (χ3n) is 0. The molecule has 0 aliphatic carbocycles. The van der Waals surface area contributed by atoms with Crippen LogP contribution >= 0.6 is 17.0 Å². The summed E-state index contributed by atoms with van der Waals surface area (Å²) in [6, 6.07) is 0. The average molecular weight is 154 g/mol. The Labute approximate surface area is 46.0 Å². The summed E-state index contributed by atoms with van der Waals surface area (Å²) in [6.07, 6.45) is 0. The van der Waals surface area contributed by atoms with E-state index in [0.717, 1.165) is 0 Å². The fourth-order valence-electron chi connectivity index (χ4n) is 0. The van der Waals surface area contributed by atoms with E-state index >= 15 is 0 Å². The molecule has 1 radical (unpaired) electrons. The van der Waals surface area contributed by atoms with Crippen molar-refractivity contribution in [2.75, 3.05) is 0 Å². The summed E-state index contributed by atoms with van der Waals surface area (Å²) in [6.45, 7) is 6.81. The molecule has 0 spiro atoms. The number of hydrogen-bond acceptors (Lipinski definition) is 0. The number of hydrogen-bond donors (Lipinski definition) is 0. The Kier molecular flexibility index (Phi) is 8.64. The third kappa shape index (κ3) is 70.3. The Morgan fingerprint density at radius 1 is 1.00 bits per heavy atom. The summed E-state index contributed by atoms with van der Waals surface area (Å²) >= 11 is 0. The molecule has 0 N–H and O–H groups in total. The second-order valence-electron chi connectivity index (χ2n) is 1.50. The third-order valence-corrected chi connectivity index (χ3v) is 0. The Balaban J connectivity index is 0. The van der Waals surface area contributed by atoms with E-state index in [1.165, 1.54) is 0 Å². The normalized spacial score (nSPS) is 7.20. The van der Waals surface area contributed by atoms with Crippen LogP contribution in [0.4, 0.5) is 0 Å². The molecule has 0 saturated heterocycles. The Morgan fingerprint density at radius 2 is 1.00 bits per heavy atom. The van der Waals surface area contributed by atoms with Crippen molar-refractivity contribution < 1.29 is 0 Å². The van der Waals surface area contributed by atoms with Gasteiger partial charge in [0.25, 0.3) is 0 Å². The van der Waals surface area contributed by atoms with Crippen LogP contribution < -0.4 is 0 Å². The van der Waals surface area contributed by atoms with Crippen LogP contribution in [0.15, 0.2) is 0 Å². The highest BCUT2D eigenvalue weighted by atomic mass is 79.9. The minimum absolute atomic E-state index is 0. The van der Waals surface area contributed by atoms with E-state index in [4.69, 9.17) is 0 Å². The Hall–Kier alpha value is 0.697. The zero-order chi connectivity index (χ0) is 3.58. The molecule has 0 aromatic heterocycles. The van der Waals surface area contributed by atoms with E-state index in [-0.39, 0.29) is 25.8 Å². The summed E-state index contributed by atoms with van der Waals surface area (Å²) in [5, 5.41) is 0. The SMILES string of the molecule is Br.C[Si](C)C. The monoisotopic (exact) mass is 153 g/mol. The molecule has 0 bridgehead atoms. The van der Waals surface area contributed by atoms with Crippen molar-refractivity contribution in [3.63, 3.8) is 0 Å². The first kappa shape index (κ1) is 9.20. The maximum atomic E-state index is 2.27. The molecule has 0 atom stereocenters. The summed E-state index contributed by atoms with van der Waals surface area (Å²) < 4.78 is 0. The highest BCUT2D eigenvalue weighted by Crippen LogP contribution is 1.68. The first-order valence-electron chi connectivity index (χ1n) is 1.50. The first-order chi connectivity index (χ1) is 1.73. The molecule has 33 valence electrons. The van der Waals surface area contributed by atoms with Crippen LogP contribution in [0.25, 0.3) is 0 Å². The molecular weight excluding hydrogens is 144 g/mol. The van der Waals surface area contributed by atoms with Crippen molar-refractivity contribution in [3.05, 3.63) is 0 Å². The quantitative estimate of drug-likeness (QED) is 0.468. The van der Waals surface area contributed by atoms with Crippen molar-refractivity contribution in [1.29, 1.82) is 0 Å². The molecular formula is C3H10BrSi. The van der Waals surface area contributed by atoms with Crippen molar-refractivity contribution in [2.45, 2.75) is 19.6 Å². The van der Waals surface area contributed by atoms with Gasteiger partial charge >= 0.3 is 0 Å². The van der Waals surface area contributed by atoms with E-state index < -0.39 is 0 Å². The highest BCUT2D eigenvalue weighted by Gasteiger charge is 1.72. The Bertz CT molecular complexity index is 11.6. The van der Waals surface area contributed by atoms with Gasteiger partial charge in [-0.1, -0.05) is 19.6 Å². The van der Waals surface area contributed by atoms with Crippen LogP contribution in [0.2, 0.25) is 19.6 Å². The van der Waals surface area contributed by atoms with Crippen molar-refractivity contribution in [1.82, 2.24) is 0 Å². The van der Waals surface area contributed by atoms with Gasteiger partial charge in [0.05, 0.1) is 0 Å². The van der Waals surface area contributed by atoms with Crippen molar-refractivity contribution in [3.8, 4) is 0 Å². The van der Waals surface area contributed by atoms with Crippen LogP contribution in [-0.2, 0) is 0 Å². The molecule has 0 nitrogen and oxygen atoms in total. The molecule has 0 heterocycles. The van der Waals surface area contributed by atoms with Gasteiger partial charge in [-0.25, -0.2) is 0 Å². The minimum Gasteiger partial charge on any atom is -0.114 e. The number of halogens is 1. The van der Waals surface area contributed by atoms with Gasteiger partial charge in [-0.2, -0.15) is 0 Å². The molecule has 0 aliphatic heterocycles. The fraction of sp³-hybridized carbons (Fsp3) is 1.00. The van der Waals surface area contributed by atoms with E-state index in [1.807, 2.05) is 0 Å². The molecule has 0 rings (SSSR count). The Morgan fingerprint density at radius 3 is 1.00 bits per heavy atom. The standard InChI is InChI=1S/C3H9Si.BrH/c1-4(2)3;/h1-3H3;1H. The second kappa shape index (κ2) is 4.70. The van der Waals surface area contributed by atoms with Gasteiger partial charge in [-0.3, -0.25) is 0 Å². The van der Waals surface area contributed by atoms with Gasteiger partial charge in [-0.05, 0) is 0 Å². The summed E-state index contributed by atoms with van der Waals surface area (Å²) in [5.41, 5.74) is 0. The molecule has 0 amide bonds. The molecule has 0 aromatic rings. The predicted octanol–water partition coefficient (Wildman–Crippen LogP) is 1.95. The van der Waals surface area contributed by atoms with Crippen LogP contribution in [0.5, 0.6) is 0 Å². The van der Waals surface area contributed by atoms with Crippen LogP contribution in [0.3, 0.4) is 0 Å². The van der Waals surface area contributed by atoms with Gasteiger partial charge in [0, 0.05) is 8.80 Å². The molecule has 0 saturated carbocycles. The van der Waals surface area contributed by atoms with E-state index in [0.29, 0.717) is 0 Å². The van der Waals surface area contributed by atoms with E-state index in [1.54, 1.807) is 0 Å². The maximum absolute atomic E-state index is 2.27. The largest absolute Gasteiger partial charge is 0.114 e. The van der Waals surface area contributed by atoms with Gasteiger partial charge in [0.1, 0.15) is 0 Å². The molecule has 0 fully saturated rings. The van der Waals surface area contributed by atoms with E-state index in [2.05, 4.69) is 19.6 Å². The average Bonchev–Trinajstić information content (AvgIpc) is 0.811.